The van der Waals surface area contributed by atoms with Gasteiger partial charge in [0.2, 0.25) is 5.96 Å². The third-order valence-electron chi connectivity index (χ3n) is 2.03. The SMILES string of the molecule is CC(C)Oc1ccc(CN=C(N)N=C(N)N)cc1Cl. The lowest BCUT2D eigenvalue weighted by Gasteiger charge is -2.11. The van der Waals surface area contributed by atoms with Gasteiger partial charge in [-0.3, -0.25) is 0 Å². The van der Waals surface area contributed by atoms with E-state index in [0.717, 1.165) is 5.56 Å². The average molecular weight is 284 g/mol. The fraction of sp³-hybridized carbons (Fsp3) is 0.333. The number of benzene rings is 1. The van der Waals surface area contributed by atoms with E-state index in [9.17, 15) is 0 Å². The van der Waals surface area contributed by atoms with Gasteiger partial charge < -0.3 is 21.9 Å². The zero-order valence-electron chi connectivity index (χ0n) is 10.9. The summed E-state index contributed by atoms with van der Waals surface area (Å²) in [6.45, 7) is 4.21. The molecule has 0 aliphatic rings. The summed E-state index contributed by atoms with van der Waals surface area (Å²) in [5.41, 5.74) is 16.7. The van der Waals surface area contributed by atoms with Crippen molar-refractivity contribution < 1.29 is 4.74 Å². The number of halogens is 1. The molecule has 0 spiro atoms. The molecule has 0 saturated carbocycles. The molecule has 1 aromatic carbocycles. The molecular formula is C12H18ClN5O. The van der Waals surface area contributed by atoms with Crippen LogP contribution >= 0.6 is 11.6 Å². The summed E-state index contributed by atoms with van der Waals surface area (Å²) in [5, 5.41) is 0.529. The minimum atomic E-state index is -0.125. The van der Waals surface area contributed by atoms with Crippen molar-refractivity contribution in [2.45, 2.75) is 26.5 Å². The Labute approximate surface area is 117 Å². The number of ether oxygens (including phenoxy) is 1. The van der Waals surface area contributed by atoms with Crippen LogP contribution in [0.4, 0.5) is 0 Å². The molecule has 1 rings (SSSR count). The van der Waals surface area contributed by atoms with Crippen LogP contribution in [-0.2, 0) is 6.54 Å². The quantitative estimate of drug-likeness (QED) is 0.569. The van der Waals surface area contributed by atoms with Gasteiger partial charge in [0.05, 0.1) is 17.7 Å². The van der Waals surface area contributed by atoms with Crippen molar-refractivity contribution >= 4 is 23.5 Å². The van der Waals surface area contributed by atoms with E-state index in [2.05, 4.69) is 9.98 Å². The average Bonchev–Trinajstić information content (AvgIpc) is 2.28. The Kier molecular flexibility index (Phi) is 5.44. The normalized spacial score (nSPS) is 11.5. The van der Waals surface area contributed by atoms with Crippen molar-refractivity contribution in [3.8, 4) is 5.75 Å². The maximum absolute atomic E-state index is 6.10. The van der Waals surface area contributed by atoms with E-state index in [1.165, 1.54) is 0 Å². The second-order valence-corrected chi connectivity index (χ2v) is 4.55. The van der Waals surface area contributed by atoms with Gasteiger partial charge in [0.15, 0.2) is 5.96 Å². The maximum atomic E-state index is 6.10. The molecule has 0 unspecified atom stereocenters. The minimum absolute atomic E-state index is 0.0265. The molecule has 0 heterocycles. The predicted molar refractivity (Wildman–Crippen MR) is 78.4 cm³/mol. The lowest BCUT2D eigenvalue weighted by Crippen LogP contribution is -2.26. The number of aliphatic imine (C=N–C) groups is 2. The van der Waals surface area contributed by atoms with Crippen molar-refractivity contribution in [1.82, 2.24) is 0 Å². The van der Waals surface area contributed by atoms with Crippen molar-refractivity contribution in [3.63, 3.8) is 0 Å². The molecule has 0 amide bonds. The molecule has 0 aliphatic heterocycles. The fourth-order valence-corrected chi connectivity index (χ4v) is 1.58. The van der Waals surface area contributed by atoms with Gasteiger partial charge in [-0.1, -0.05) is 17.7 Å². The lowest BCUT2D eigenvalue weighted by molar-refractivity contribution is 0.242. The molecule has 1 aromatic rings. The first-order chi connectivity index (χ1) is 8.88. The molecule has 0 aromatic heterocycles. The second kappa shape index (κ2) is 6.84. The van der Waals surface area contributed by atoms with Gasteiger partial charge in [-0.15, -0.1) is 0 Å². The minimum Gasteiger partial charge on any atom is -0.489 e. The molecule has 6 nitrogen and oxygen atoms in total. The van der Waals surface area contributed by atoms with Crippen LogP contribution < -0.4 is 21.9 Å². The van der Waals surface area contributed by atoms with Crippen LogP contribution in [-0.4, -0.2) is 18.0 Å². The predicted octanol–water partition coefficient (Wildman–Crippen LogP) is 1.22. The number of hydrogen-bond acceptors (Lipinski definition) is 2. The molecule has 7 heteroatoms. The van der Waals surface area contributed by atoms with Crippen LogP contribution in [0.1, 0.15) is 19.4 Å². The summed E-state index contributed by atoms with van der Waals surface area (Å²) >= 11 is 6.10. The Hall–Kier alpha value is -1.95. The van der Waals surface area contributed by atoms with E-state index in [4.69, 9.17) is 33.5 Å². The molecule has 0 saturated heterocycles. The maximum Gasteiger partial charge on any atom is 0.218 e. The molecule has 0 atom stereocenters. The highest BCUT2D eigenvalue weighted by atomic mass is 35.5. The van der Waals surface area contributed by atoms with Crippen molar-refractivity contribution in [2.24, 2.45) is 27.2 Å². The van der Waals surface area contributed by atoms with E-state index in [1.807, 2.05) is 19.9 Å². The summed E-state index contributed by atoms with van der Waals surface area (Å²) in [7, 11) is 0. The Morgan fingerprint density at radius 3 is 2.53 bits per heavy atom. The highest BCUT2D eigenvalue weighted by Crippen LogP contribution is 2.26. The fourth-order valence-electron chi connectivity index (χ4n) is 1.33. The van der Waals surface area contributed by atoms with Gasteiger partial charge in [-0.25, -0.2) is 4.99 Å². The summed E-state index contributed by atoms with van der Waals surface area (Å²) < 4.78 is 5.53. The molecule has 0 fully saturated rings. The van der Waals surface area contributed by atoms with E-state index >= 15 is 0 Å². The third-order valence-corrected chi connectivity index (χ3v) is 2.32. The van der Waals surface area contributed by atoms with Gasteiger partial charge in [0.1, 0.15) is 5.75 Å². The topological polar surface area (TPSA) is 112 Å². The molecule has 104 valence electrons. The number of rotatable bonds is 4. The third kappa shape index (κ3) is 5.48. The highest BCUT2D eigenvalue weighted by Gasteiger charge is 2.04. The lowest BCUT2D eigenvalue weighted by atomic mass is 10.2. The Morgan fingerprint density at radius 2 is 2.00 bits per heavy atom. The van der Waals surface area contributed by atoms with Crippen LogP contribution in [0, 0.1) is 0 Å². The number of nitrogens with zero attached hydrogens (tertiary/aromatic N) is 2. The molecule has 0 aliphatic carbocycles. The van der Waals surface area contributed by atoms with Crippen LogP contribution in [0.5, 0.6) is 5.75 Å². The Morgan fingerprint density at radius 1 is 1.32 bits per heavy atom. The van der Waals surface area contributed by atoms with Gasteiger partial charge in [-0.2, -0.15) is 4.99 Å². The van der Waals surface area contributed by atoms with Gasteiger partial charge in [0.25, 0.3) is 0 Å². The van der Waals surface area contributed by atoms with Gasteiger partial charge >= 0.3 is 0 Å². The molecular weight excluding hydrogens is 266 g/mol. The molecule has 6 N–H and O–H groups in total. The van der Waals surface area contributed by atoms with E-state index in [0.29, 0.717) is 17.3 Å². The first-order valence-corrected chi connectivity index (χ1v) is 6.11. The van der Waals surface area contributed by atoms with Crippen LogP contribution in [0.25, 0.3) is 0 Å². The first-order valence-electron chi connectivity index (χ1n) is 5.73. The van der Waals surface area contributed by atoms with Crippen molar-refractivity contribution in [2.75, 3.05) is 0 Å². The molecule has 0 radical (unpaired) electrons. The number of hydrogen-bond donors (Lipinski definition) is 3. The van der Waals surface area contributed by atoms with E-state index < -0.39 is 0 Å². The highest BCUT2D eigenvalue weighted by molar-refractivity contribution is 6.32. The summed E-state index contributed by atoms with van der Waals surface area (Å²) in [4.78, 5) is 7.63. The first kappa shape index (κ1) is 15.1. The Bertz CT molecular complexity index is 495. The van der Waals surface area contributed by atoms with E-state index in [1.54, 1.807) is 12.1 Å². The molecule has 0 bridgehead atoms. The van der Waals surface area contributed by atoms with Gasteiger partial charge in [0, 0.05) is 0 Å². The second-order valence-electron chi connectivity index (χ2n) is 4.14. The van der Waals surface area contributed by atoms with Crippen molar-refractivity contribution in [3.05, 3.63) is 28.8 Å². The summed E-state index contributed by atoms with van der Waals surface area (Å²) in [6, 6.07) is 5.42. The Balaban J connectivity index is 2.76. The standard InChI is InChI=1S/C12H18ClN5O/c1-7(2)19-10-4-3-8(5-9(10)13)6-17-12(16)18-11(14)15/h3-5,7H,6H2,1-2H3,(H6,14,15,16,17,18). The van der Waals surface area contributed by atoms with Crippen LogP contribution in [0.15, 0.2) is 28.2 Å². The van der Waals surface area contributed by atoms with Crippen molar-refractivity contribution in [1.29, 1.82) is 0 Å². The largest absolute Gasteiger partial charge is 0.489 e. The zero-order chi connectivity index (χ0) is 14.4. The number of nitrogens with two attached hydrogens (primary N) is 3. The monoisotopic (exact) mass is 283 g/mol. The van der Waals surface area contributed by atoms with Gasteiger partial charge in [-0.05, 0) is 31.5 Å². The molecule has 19 heavy (non-hydrogen) atoms. The van der Waals surface area contributed by atoms with Crippen LogP contribution in [0.2, 0.25) is 5.02 Å². The summed E-state index contributed by atoms with van der Waals surface area (Å²) in [5.74, 6) is 0.542. The van der Waals surface area contributed by atoms with Crippen LogP contribution in [0.3, 0.4) is 0 Å². The summed E-state index contributed by atoms with van der Waals surface area (Å²) in [6.07, 6.45) is 0.0684. The smallest absolute Gasteiger partial charge is 0.218 e. The number of guanidine groups is 2. The van der Waals surface area contributed by atoms with E-state index in [-0.39, 0.29) is 18.0 Å². The zero-order valence-corrected chi connectivity index (χ0v) is 11.7.